The van der Waals surface area contributed by atoms with Crippen molar-refractivity contribution in [3.05, 3.63) is 23.8 Å². The highest BCUT2D eigenvalue weighted by atomic mass is 16.1. The lowest BCUT2D eigenvalue weighted by Crippen LogP contribution is -2.33. The summed E-state index contributed by atoms with van der Waals surface area (Å²) in [5.74, 6) is 0.726. The normalized spacial score (nSPS) is 23.5. The van der Waals surface area contributed by atoms with Crippen LogP contribution in [0.25, 0.3) is 0 Å². The van der Waals surface area contributed by atoms with Crippen molar-refractivity contribution >= 4 is 6.41 Å². The molecular formula is C13H19NO. The quantitative estimate of drug-likeness (QED) is 0.634. The molecule has 0 N–H and O–H groups in total. The molecule has 0 atom stereocenters. The molecule has 2 aliphatic rings. The van der Waals surface area contributed by atoms with E-state index in [1.807, 2.05) is 4.90 Å². The largest absolute Gasteiger partial charge is 0.345 e. The van der Waals surface area contributed by atoms with Crippen LogP contribution >= 0.6 is 0 Å². The van der Waals surface area contributed by atoms with E-state index < -0.39 is 0 Å². The van der Waals surface area contributed by atoms with Gasteiger partial charge in [-0.15, -0.1) is 0 Å². The third kappa shape index (κ3) is 2.71. The molecule has 0 aromatic heterocycles. The Morgan fingerprint density at radius 2 is 2.13 bits per heavy atom. The maximum absolute atomic E-state index is 10.6. The Morgan fingerprint density at radius 1 is 1.33 bits per heavy atom. The molecule has 0 aromatic rings. The zero-order valence-electron chi connectivity index (χ0n) is 9.19. The number of piperidine rings is 1. The van der Waals surface area contributed by atoms with Crippen LogP contribution < -0.4 is 0 Å². The van der Waals surface area contributed by atoms with E-state index in [9.17, 15) is 4.79 Å². The van der Waals surface area contributed by atoms with Gasteiger partial charge < -0.3 is 4.90 Å². The maximum atomic E-state index is 10.6. The van der Waals surface area contributed by atoms with Crippen molar-refractivity contribution in [3.8, 4) is 0 Å². The molecule has 2 heteroatoms. The topological polar surface area (TPSA) is 20.3 Å². The summed E-state index contributed by atoms with van der Waals surface area (Å²) >= 11 is 0. The van der Waals surface area contributed by atoms with Crippen LogP contribution in [0.3, 0.4) is 0 Å². The molecule has 0 spiro atoms. The van der Waals surface area contributed by atoms with Crippen molar-refractivity contribution in [2.24, 2.45) is 5.92 Å². The smallest absolute Gasteiger partial charge is 0.209 e. The molecular weight excluding hydrogens is 186 g/mol. The van der Waals surface area contributed by atoms with Crippen LogP contribution in [0.5, 0.6) is 0 Å². The molecule has 2 rings (SSSR count). The second-order valence-corrected chi connectivity index (χ2v) is 4.48. The van der Waals surface area contributed by atoms with Gasteiger partial charge in [-0.1, -0.05) is 23.8 Å². The number of rotatable bonds is 2. The number of hydrogen-bond acceptors (Lipinski definition) is 1. The molecule has 2 nitrogen and oxygen atoms in total. The lowest BCUT2D eigenvalue weighted by atomic mass is 9.87. The molecule has 1 heterocycles. The van der Waals surface area contributed by atoms with Crippen LogP contribution in [0, 0.1) is 5.92 Å². The Morgan fingerprint density at radius 3 is 2.87 bits per heavy atom. The molecule has 0 unspecified atom stereocenters. The summed E-state index contributed by atoms with van der Waals surface area (Å²) in [5, 5.41) is 0. The van der Waals surface area contributed by atoms with Crippen LogP contribution in [0.2, 0.25) is 0 Å². The van der Waals surface area contributed by atoms with Gasteiger partial charge in [0.15, 0.2) is 0 Å². The van der Waals surface area contributed by atoms with Crippen molar-refractivity contribution in [1.82, 2.24) is 4.90 Å². The molecule has 0 bridgehead atoms. The fourth-order valence-corrected chi connectivity index (χ4v) is 2.51. The summed E-state index contributed by atoms with van der Waals surface area (Å²) in [4.78, 5) is 12.5. The standard InChI is InChI=1S/C13H19NO/c15-11-14-9-7-13(8-10-14)12-5-3-1-2-4-6-12/h1,3,5,11,13H,2,4,6-10H2. The van der Waals surface area contributed by atoms with Crippen molar-refractivity contribution in [2.45, 2.75) is 32.1 Å². The van der Waals surface area contributed by atoms with Crippen LogP contribution in [-0.4, -0.2) is 24.4 Å². The molecule has 1 saturated heterocycles. The zero-order chi connectivity index (χ0) is 10.5. The van der Waals surface area contributed by atoms with Gasteiger partial charge in [0.1, 0.15) is 0 Å². The van der Waals surface area contributed by atoms with E-state index >= 15 is 0 Å². The first-order valence-electron chi connectivity index (χ1n) is 5.95. The Bertz CT molecular complexity index is 272. The van der Waals surface area contributed by atoms with Gasteiger partial charge in [-0.25, -0.2) is 0 Å². The average Bonchev–Trinajstić information content (AvgIpc) is 2.58. The number of carbonyl (C=O) groups is 1. The summed E-state index contributed by atoms with van der Waals surface area (Å²) in [6.45, 7) is 1.88. The van der Waals surface area contributed by atoms with E-state index in [1.54, 1.807) is 5.57 Å². The summed E-state index contributed by atoms with van der Waals surface area (Å²) < 4.78 is 0. The predicted molar refractivity (Wildman–Crippen MR) is 61.4 cm³/mol. The first-order chi connectivity index (χ1) is 7.40. The molecule has 82 valence electrons. The molecule has 1 aliphatic heterocycles. The highest BCUT2D eigenvalue weighted by Gasteiger charge is 2.20. The Hall–Kier alpha value is -1.05. The number of carbonyl (C=O) groups excluding carboxylic acids is 1. The highest BCUT2D eigenvalue weighted by molar-refractivity contribution is 5.47. The molecule has 15 heavy (non-hydrogen) atoms. The summed E-state index contributed by atoms with van der Waals surface area (Å²) in [5.41, 5.74) is 1.61. The van der Waals surface area contributed by atoms with Crippen LogP contribution in [-0.2, 0) is 4.79 Å². The number of allylic oxidation sites excluding steroid dienone is 4. The van der Waals surface area contributed by atoms with E-state index in [-0.39, 0.29) is 0 Å². The second kappa shape index (κ2) is 5.15. The van der Waals surface area contributed by atoms with Crippen molar-refractivity contribution < 1.29 is 4.79 Å². The lowest BCUT2D eigenvalue weighted by Gasteiger charge is -2.30. The van der Waals surface area contributed by atoms with Gasteiger partial charge in [0.05, 0.1) is 0 Å². The van der Waals surface area contributed by atoms with Crippen LogP contribution in [0.4, 0.5) is 0 Å². The molecule has 0 aromatic carbocycles. The van der Waals surface area contributed by atoms with E-state index in [4.69, 9.17) is 0 Å². The zero-order valence-corrected chi connectivity index (χ0v) is 9.19. The minimum atomic E-state index is 0.726. The number of nitrogens with zero attached hydrogens (tertiary/aromatic N) is 1. The Balaban J connectivity index is 1.92. The van der Waals surface area contributed by atoms with E-state index in [0.29, 0.717) is 0 Å². The molecule has 1 fully saturated rings. The van der Waals surface area contributed by atoms with E-state index in [1.165, 1.54) is 19.3 Å². The predicted octanol–water partition coefficient (Wildman–Crippen LogP) is 2.52. The third-order valence-corrected chi connectivity index (χ3v) is 3.49. The lowest BCUT2D eigenvalue weighted by molar-refractivity contribution is -0.119. The summed E-state index contributed by atoms with van der Waals surface area (Å²) in [6.07, 6.45) is 13.8. The van der Waals surface area contributed by atoms with Crippen molar-refractivity contribution in [2.75, 3.05) is 13.1 Å². The van der Waals surface area contributed by atoms with Gasteiger partial charge in [-0.05, 0) is 38.0 Å². The average molecular weight is 205 g/mol. The van der Waals surface area contributed by atoms with E-state index in [2.05, 4.69) is 18.2 Å². The molecule has 0 radical (unpaired) electrons. The third-order valence-electron chi connectivity index (χ3n) is 3.49. The van der Waals surface area contributed by atoms with Gasteiger partial charge in [0.25, 0.3) is 0 Å². The van der Waals surface area contributed by atoms with Gasteiger partial charge in [0.2, 0.25) is 6.41 Å². The van der Waals surface area contributed by atoms with Crippen molar-refractivity contribution in [1.29, 1.82) is 0 Å². The van der Waals surface area contributed by atoms with Gasteiger partial charge in [-0.3, -0.25) is 4.79 Å². The summed E-state index contributed by atoms with van der Waals surface area (Å²) in [6, 6.07) is 0. The number of hydrogen-bond donors (Lipinski definition) is 0. The maximum Gasteiger partial charge on any atom is 0.209 e. The first kappa shape index (κ1) is 10.5. The molecule has 1 aliphatic carbocycles. The fourth-order valence-electron chi connectivity index (χ4n) is 2.51. The molecule has 0 saturated carbocycles. The number of amides is 1. The number of likely N-dealkylation sites (tertiary alicyclic amines) is 1. The fraction of sp³-hybridized carbons (Fsp3) is 0.615. The highest BCUT2D eigenvalue weighted by Crippen LogP contribution is 2.28. The second-order valence-electron chi connectivity index (χ2n) is 4.48. The van der Waals surface area contributed by atoms with Gasteiger partial charge >= 0.3 is 0 Å². The van der Waals surface area contributed by atoms with Crippen LogP contribution in [0.15, 0.2) is 23.8 Å². The Labute approximate surface area is 91.6 Å². The molecule has 1 amide bonds. The van der Waals surface area contributed by atoms with Crippen molar-refractivity contribution in [3.63, 3.8) is 0 Å². The monoisotopic (exact) mass is 205 g/mol. The van der Waals surface area contributed by atoms with E-state index in [0.717, 1.165) is 38.3 Å². The summed E-state index contributed by atoms with van der Waals surface area (Å²) in [7, 11) is 0. The Kier molecular flexibility index (Phi) is 3.59. The minimum Gasteiger partial charge on any atom is -0.345 e. The minimum absolute atomic E-state index is 0.726. The van der Waals surface area contributed by atoms with Gasteiger partial charge in [0, 0.05) is 13.1 Å². The SMILES string of the molecule is O=CN1CCC(C2=CC=CCCC2)CC1. The first-order valence-corrected chi connectivity index (χ1v) is 5.95. The van der Waals surface area contributed by atoms with Crippen LogP contribution in [0.1, 0.15) is 32.1 Å². The van der Waals surface area contributed by atoms with Gasteiger partial charge in [-0.2, -0.15) is 0 Å².